The molecule has 142 valence electrons. The molecular formula is C20H18FN5O2. The first-order valence-corrected chi connectivity index (χ1v) is 8.94. The van der Waals surface area contributed by atoms with Crippen LogP contribution in [0.3, 0.4) is 0 Å². The predicted molar refractivity (Wildman–Crippen MR) is 100 cm³/mol. The van der Waals surface area contributed by atoms with Gasteiger partial charge in [0.1, 0.15) is 17.7 Å². The SMILES string of the molecule is O=C(NC1CCc2ccc(F)cc2NC1=O)c1nnc(Cc2ccccc2)[nH]1. The smallest absolute Gasteiger partial charge is 0.289 e. The number of aryl methyl sites for hydroxylation is 1. The van der Waals surface area contributed by atoms with Crippen LogP contribution in [0.2, 0.25) is 0 Å². The van der Waals surface area contributed by atoms with Crippen LogP contribution in [-0.2, 0) is 17.6 Å². The van der Waals surface area contributed by atoms with Gasteiger partial charge in [0, 0.05) is 12.1 Å². The first kappa shape index (κ1) is 17.8. The number of aromatic amines is 1. The quantitative estimate of drug-likeness (QED) is 0.647. The molecule has 0 saturated carbocycles. The molecular weight excluding hydrogens is 361 g/mol. The van der Waals surface area contributed by atoms with Crippen LogP contribution >= 0.6 is 0 Å². The van der Waals surface area contributed by atoms with Gasteiger partial charge in [-0.15, -0.1) is 10.2 Å². The Kier molecular flexibility index (Phi) is 4.84. The van der Waals surface area contributed by atoms with E-state index >= 15 is 0 Å². The van der Waals surface area contributed by atoms with Gasteiger partial charge in [-0.3, -0.25) is 9.59 Å². The Bertz CT molecular complexity index is 1020. The summed E-state index contributed by atoms with van der Waals surface area (Å²) in [6, 6.07) is 13.2. The van der Waals surface area contributed by atoms with E-state index in [1.54, 1.807) is 6.07 Å². The Labute approximate surface area is 160 Å². The van der Waals surface area contributed by atoms with Crippen molar-refractivity contribution in [3.05, 3.63) is 77.1 Å². The molecule has 0 radical (unpaired) electrons. The highest BCUT2D eigenvalue weighted by molar-refractivity contribution is 6.00. The maximum Gasteiger partial charge on any atom is 0.289 e. The van der Waals surface area contributed by atoms with E-state index in [1.165, 1.54) is 12.1 Å². The fourth-order valence-electron chi connectivity index (χ4n) is 3.17. The van der Waals surface area contributed by atoms with Crippen LogP contribution in [0.25, 0.3) is 0 Å². The molecule has 1 aromatic heterocycles. The van der Waals surface area contributed by atoms with Crippen molar-refractivity contribution in [1.29, 1.82) is 0 Å². The maximum absolute atomic E-state index is 13.4. The number of benzene rings is 2. The third-order valence-electron chi connectivity index (χ3n) is 4.62. The largest absolute Gasteiger partial charge is 0.337 e. The molecule has 1 aliphatic heterocycles. The molecule has 0 aliphatic carbocycles. The zero-order chi connectivity index (χ0) is 19.5. The van der Waals surface area contributed by atoms with Gasteiger partial charge in [0.05, 0.1) is 0 Å². The molecule has 1 atom stereocenters. The number of rotatable bonds is 4. The first-order chi connectivity index (χ1) is 13.6. The fraction of sp³-hybridized carbons (Fsp3) is 0.200. The van der Waals surface area contributed by atoms with Crippen molar-refractivity contribution in [3.63, 3.8) is 0 Å². The van der Waals surface area contributed by atoms with Gasteiger partial charge in [-0.1, -0.05) is 36.4 Å². The minimum atomic E-state index is -0.745. The minimum absolute atomic E-state index is 0.0477. The number of aromatic nitrogens is 3. The van der Waals surface area contributed by atoms with Crippen LogP contribution in [0.15, 0.2) is 48.5 Å². The second-order valence-electron chi connectivity index (χ2n) is 6.64. The number of carbonyl (C=O) groups excluding carboxylic acids is 2. The molecule has 8 heteroatoms. The third kappa shape index (κ3) is 3.90. The van der Waals surface area contributed by atoms with Crippen LogP contribution in [-0.4, -0.2) is 33.0 Å². The van der Waals surface area contributed by atoms with E-state index in [4.69, 9.17) is 0 Å². The van der Waals surface area contributed by atoms with Gasteiger partial charge in [-0.05, 0) is 36.1 Å². The summed E-state index contributed by atoms with van der Waals surface area (Å²) in [4.78, 5) is 27.8. The number of H-pyrrole nitrogens is 1. The van der Waals surface area contributed by atoms with Crippen molar-refractivity contribution in [2.24, 2.45) is 0 Å². The minimum Gasteiger partial charge on any atom is -0.337 e. The lowest BCUT2D eigenvalue weighted by Gasteiger charge is -2.14. The van der Waals surface area contributed by atoms with Crippen molar-refractivity contribution < 1.29 is 14.0 Å². The molecule has 0 fully saturated rings. The summed E-state index contributed by atoms with van der Waals surface area (Å²) in [7, 11) is 0. The van der Waals surface area contributed by atoms with E-state index in [1.807, 2.05) is 30.3 Å². The number of halogens is 1. The van der Waals surface area contributed by atoms with Gasteiger partial charge in [0.25, 0.3) is 5.91 Å². The Hall–Kier alpha value is -3.55. The Morgan fingerprint density at radius 2 is 2.00 bits per heavy atom. The van der Waals surface area contributed by atoms with Gasteiger partial charge < -0.3 is 15.6 Å². The molecule has 0 bridgehead atoms. The summed E-state index contributed by atoms with van der Waals surface area (Å²) in [5.74, 6) is -0.712. The normalized spacial score (nSPS) is 16.0. The van der Waals surface area contributed by atoms with Gasteiger partial charge in [0.2, 0.25) is 11.7 Å². The van der Waals surface area contributed by atoms with Crippen LogP contribution in [0.4, 0.5) is 10.1 Å². The lowest BCUT2D eigenvalue weighted by molar-refractivity contribution is -0.118. The average molecular weight is 379 g/mol. The topological polar surface area (TPSA) is 99.8 Å². The number of nitrogens with one attached hydrogen (secondary N) is 3. The molecule has 3 aromatic rings. The number of anilines is 1. The summed E-state index contributed by atoms with van der Waals surface area (Å²) >= 11 is 0. The first-order valence-electron chi connectivity index (χ1n) is 8.94. The van der Waals surface area contributed by atoms with Gasteiger partial charge in [-0.2, -0.15) is 0 Å². The van der Waals surface area contributed by atoms with E-state index in [9.17, 15) is 14.0 Å². The standard InChI is InChI=1S/C20H18FN5O2/c21-14-8-6-13-7-9-15(19(27)23-16(13)11-14)22-20(28)18-24-17(25-26-18)10-12-4-2-1-3-5-12/h1-6,8,11,15H,7,9-10H2,(H,22,28)(H,23,27)(H,24,25,26). The van der Waals surface area contributed by atoms with E-state index < -0.39 is 17.8 Å². The zero-order valence-corrected chi connectivity index (χ0v) is 14.9. The Morgan fingerprint density at radius 3 is 2.82 bits per heavy atom. The molecule has 28 heavy (non-hydrogen) atoms. The molecule has 2 amide bonds. The number of hydrogen-bond acceptors (Lipinski definition) is 4. The zero-order valence-electron chi connectivity index (χ0n) is 14.9. The number of amides is 2. The molecule has 2 aromatic carbocycles. The van der Waals surface area contributed by atoms with E-state index in [-0.39, 0.29) is 11.7 Å². The second-order valence-corrected chi connectivity index (χ2v) is 6.64. The van der Waals surface area contributed by atoms with Gasteiger partial charge in [-0.25, -0.2) is 4.39 Å². The number of nitrogens with zero attached hydrogens (tertiary/aromatic N) is 2. The van der Waals surface area contributed by atoms with Crippen LogP contribution in [0.1, 0.15) is 34.0 Å². The molecule has 7 nitrogen and oxygen atoms in total. The second kappa shape index (κ2) is 7.59. The van der Waals surface area contributed by atoms with Gasteiger partial charge in [0.15, 0.2) is 0 Å². The molecule has 3 N–H and O–H groups in total. The highest BCUT2D eigenvalue weighted by atomic mass is 19.1. The number of hydrogen-bond donors (Lipinski definition) is 3. The predicted octanol–water partition coefficient (Wildman–Crippen LogP) is 2.22. The van der Waals surface area contributed by atoms with Crippen LogP contribution in [0.5, 0.6) is 0 Å². The van der Waals surface area contributed by atoms with Crippen molar-refractivity contribution in [2.75, 3.05) is 5.32 Å². The lowest BCUT2D eigenvalue weighted by Crippen LogP contribution is -2.43. The maximum atomic E-state index is 13.4. The summed E-state index contributed by atoms with van der Waals surface area (Å²) in [6.07, 6.45) is 1.46. The Balaban J connectivity index is 1.42. The number of fused-ring (bicyclic) bond motifs is 1. The molecule has 1 unspecified atom stereocenters. The lowest BCUT2D eigenvalue weighted by atomic mass is 10.1. The highest BCUT2D eigenvalue weighted by Crippen LogP contribution is 2.23. The van der Waals surface area contributed by atoms with E-state index in [0.717, 1.165) is 11.1 Å². The molecule has 0 saturated heterocycles. The van der Waals surface area contributed by atoms with E-state index in [2.05, 4.69) is 25.8 Å². The summed E-state index contributed by atoms with van der Waals surface area (Å²) in [5, 5.41) is 13.2. The summed E-state index contributed by atoms with van der Waals surface area (Å²) in [6.45, 7) is 0. The number of carbonyl (C=O) groups is 2. The highest BCUT2D eigenvalue weighted by Gasteiger charge is 2.26. The fourth-order valence-corrected chi connectivity index (χ4v) is 3.17. The van der Waals surface area contributed by atoms with Crippen molar-refractivity contribution in [2.45, 2.75) is 25.3 Å². The molecule has 0 spiro atoms. The summed E-state index contributed by atoms with van der Waals surface area (Å²) < 4.78 is 13.4. The van der Waals surface area contributed by atoms with Crippen molar-refractivity contribution in [3.8, 4) is 0 Å². The van der Waals surface area contributed by atoms with E-state index in [0.29, 0.717) is 30.8 Å². The van der Waals surface area contributed by atoms with Crippen molar-refractivity contribution >= 4 is 17.5 Å². The van der Waals surface area contributed by atoms with Gasteiger partial charge >= 0.3 is 0 Å². The monoisotopic (exact) mass is 379 g/mol. The molecule has 2 heterocycles. The average Bonchev–Trinajstić information content (AvgIpc) is 3.09. The van der Waals surface area contributed by atoms with Crippen LogP contribution < -0.4 is 10.6 Å². The molecule has 1 aliphatic rings. The van der Waals surface area contributed by atoms with Crippen LogP contribution in [0, 0.1) is 5.82 Å². The summed E-state index contributed by atoms with van der Waals surface area (Å²) in [5.41, 5.74) is 2.31. The third-order valence-corrected chi connectivity index (χ3v) is 4.62. The van der Waals surface area contributed by atoms with Crippen molar-refractivity contribution in [1.82, 2.24) is 20.5 Å². The Morgan fingerprint density at radius 1 is 1.18 bits per heavy atom. The molecule has 4 rings (SSSR count).